The number of ketones is 1. The Bertz CT molecular complexity index is 863. The van der Waals surface area contributed by atoms with Crippen molar-refractivity contribution in [2.45, 2.75) is 59.3 Å². The zero-order valence-electron chi connectivity index (χ0n) is 17.1. The molecule has 0 fully saturated rings. The minimum Gasteiger partial charge on any atom is -0.508 e. The summed E-state index contributed by atoms with van der Waals surface area (Å²) in [5.41, 5.74) is 3.25. The predicted octanol–water partition coefficient (Wildman–Crippen LogP) is 4.34. The van der Waals surface area contributed by atoms with Gasteiger partial charge in [-0.05, 0) is 42.9 Å². The molecule has 1 aliphatic carbocycles. The molecule has 0 spiro atoms. The second-order valence-electron chi connectivity index (χ2n) is 8.51. The number of hydrogen-bond donors (Lipinski definition) is 2. The van der Waals surface area contributed by atoms with Crippen LogP contribution in [0.5, 0.6) is 5.75 Å². The lowest BCUT2D eigenvalue weighted by atomic mass is 9.68. The lowest BCUT2D eigenvalue weighted by molar-refractivity contribution is -0.139. The number of ether oxygens (including phenoxy) is 1. The number of benzene rings is 1. The minimum atomic E-state index is -0.527. The molecule has 2 aliphatic rings. The number of allylic oxidation sites excluding steroid dienone is 3. The average Bonchev–Trinajstić information content (AvgIpc) is 2.59. The number of aromatic hydroxyl groups is 1. The first-order valence-corrected chi connectivity index (χ1v) is 9.93. The molecule has 5 heteroatoms. The molecule has 0 saturated heterocycles. The van der Waals surface area contributed by atoms with Gasteiger partial charge >= 0.3 is 5.97 Å². The summed E-state index contributed by atoms with van der Waals surface area (Å²) in [5, 5.41) is 13.3. The maximum Gasteiger partial charge on any atom is 0.336 e. The summed E-state index contributed by atoms with van der Waals surface area (Å²) in [6.07, 6.45) is 2.89. The van der Waals surface area contributed by atoms with Gasteiger partial charge in [0.15, 0.2) is 5.78 Å². The van der Waals surface area contributed by atoms with E-state index in [-0.39, 0.29) is 16.9 Å². The van der Waals surface area contributed by atoms with Crippen molar-refractivity contribution in [2.24, 2.45) is 5.41 Å². The van der Waals surface area contributed by atoms with Gasteiger partial charge in [0.1, 0.15) is 5.75 Å². The summed E-state index contributed by atoms with van der Waals surface area (Å²) in [6, 6.07) is 6.79. The average molecular weight is 383 g/mol. The molecule has 0 aromatic heterocycles. The van der Waals surface area contributed by atoms with Gasteiger partial charge in [-0.3, -0.25) is 4.79 Å². The van der Waals surface area contributed by atoms with Crippen LogP contribution >= 0.6 is 0 Å². The molecule has 1 atom stereocenters. The van der Waals surface area contributed by atoms with Crippen LogP contribution in [0.3, 0.4) is 0 Å². The van der Waals surface area contributed by atoms with Crippen LogP contribution in [0.25, 0.3) is 0 Å². The van der Waals surface area contributed by atoms with E-state index in [0.29, 0.717) is 29.9 Å². The van der Waals surface area contributed by atoms with Gasteiger partial charge in [-0.15, -0.1) is 0 Å². The van der Waals surface area contributed by atoms with E-state index in [9.17, 15) is 14.7 Å². The molecule has 5 nitrogen and oxygen atoms in total. The highest BCUT2D eigenvalue weighted by Crippen LogP contribution is 2.47. The van der Waals surface area contributed by atoms with E-state index in [1.54, 1.807) is 18.2 Å². The summed E-state index contributed by atoms with van der Waals surface area (Å²) in [4.78, 5) is 26.1. The third-order valence-corrected chi connectivity index (χ3v) is 5.39. The number of rotatable bonds is 5. The molecule has 150 valence electrons. The molecule has 1 aromatic carbocycles. The first-order chi connectivity index (χ1) is 13.2. The van der Waals surface area contributed by atoms with Crippen molar-refractivity contribution in [2.75, 3.05) is 6.61 Å². The van der Waals surface area contributed by atoms with Gasteiger partial charge in [-0.2, -0.15) is 0 Å². The highest BCUT2D eigenvalue weighted by atomic mass is 16.5. The van der Waals surface area contributed by atoms with Crippen LogP contribution in [-0.2, 0) is 14.3 Å². The molecule has 1 aromatic rings. The molecular weight excluding hydrogens is 354 g/mol. The van der Waals surface area contributed by atoms with Gasteiger partial charge in [0.05, 0.1) is 12.2 Å². The van der Waals surface area contributed by atoms with Crippen molar-refractivity contribution >= 4 is 11.8 Å². The van der Waals surface area contributed by atoms with E-state index in [1.807, 2.05) is 19.9 Å². The smallest absolute Gasteiger partial charge is 0.336 e. The molecule has 0 saturated carbocycles. The van der Waals surface area contributed by atoms with Crippen LogP contribution in [0.2, 0.25) is 0 Å². The Hall–Kier alpha value is -2.56. The highest BCUT2D eigenvalue weighted by Gasteiger charge is 2.43. The monoisotopic (exact) mass is 383 g/mol. The summed E-state index contributed by atoms with van der Waals surface area (Å²) in [5.74, 6) is -0.784. The third kappa shape index (κ3) is 3.98. The van der Waals surface area contributed by atoms with E-state index in [1.165, 1.54) is 0 Å². The summed E-state index contributed by atoms with van der Waals surface area (Å²) in [6.45, 7) is 8.39. The van der Waals surface area contributed by atoms with Gasteiger partial charge in [0, 0.05) is 29.3 Å². The topological polar surface area (TPSA) is 75.6 Å². The lowest BCUT2D eigenvalue weighted by Crippen LogP contribution is -2.38. The molecule has 1 aliphatic heterocycles. The summed E-state index contributed by atoms with van der Waals surface area (Å²) >= 11 is 0. The van der Waals surface area contributed by atoms with Crippen molar-refractivity contribution in [1.82, 2.24) is 5.32 Å². The van der Waals surface area contributed by atoms with E-state index in [4.69, 9.17) is 4.74 Å². The maximum atomic E-state index is 13.1. The third-order valence-electron chi connectivity index (χ3n) is 5.39. The molecule has 0 amide bonds. The Morgan fingerprint density at radius 1 is 1.32 bits per heavy atom. The Morgan fingerprint density at radius 2 is 2.07 bits per heavy atom. The SMILES string of the molecule is CCCCOC(=O)C1=C(C)NC2=C(C(=O)CC(C)(C)C2)[C@@H]1c1cccc(O)c1. The number of phenolic OH excluding ortho intramolecular Hbond substituents is 1. The number of Topliss-reactive ketones (excluding diaryl/α,β-unsaturated/α-hetero) is 1. The number of carbonyl (C=O) groups excluding carboxylic acids is 2. The number of phenols is 1. The number of esters is 1. The molecule has 0 unspecified atom stereocenters. The van der Waals surface area contributed by atoms with Crippen LogP contribution in [-0.4, -0.2) is 23.5 Å². The number of unbranched alkanes of at least 4 members (excludes halogenated alkanes) is 1. The zero-order chi connectivity index (χ0) is 20.5. The van der Waals surface area contributed by atoms with Crippen molar-refractivity contribution in [1.29, 1.82) is 0 Å². The van der Waals surface area contributed by atoms with Crippen molar-refractivity contribution in [3.8, 4) is 5.75 Å². The van der Waals surface area contributed by atoms with E-state index in [2.05, 4.69) is 19.2 Å². The van der Waals surface area contributed by atoms with E-state index >= 15 is 0 Å². The molecule has 0 radical (unpaired) electrons. The number of dihydropyridines is 1. The first-order valence-electron chi connectivity index (χ1n) is 9.93. The minimum absolute atomic E-state index is 0.0402. The number of hydrogen-bond acceptors (Lipinski definition) is 5. The Kier molecular flexibility index (Phi) is 5.64. The Morgan fingerprint density at radius 3 is 2.75 bits per heavy atom. The van der Waals surface area contributed by atoms with Gasteiger partial charge in [-0.25, -0.2) is 4.79 Å². The summed E-state index contributed by atoms with van der Waals surface area (Å²) in [7, 11) is 0. The largest absolute Gasteiger partial charge is 0.508 e. The van der Waals surface area contributed by atoms with Crippen molar-refractivity contribution < 1.29 is 19.4 Å². The van der Waals surface area contributed by atoms with E-state index in [0.717, 1.165) is 30.5 Å². The second kappa shape index (κ2) is 7.82. The van der Waals surface area contributed by atoms with Crippen LogP contribution in [0, 0.1) is 5.41 Å². The summed E-state index contributed by atoms with van der Waals surface area (Å²) < 4.78 is 5.50. The maximum absolute atomic E-state index is 13.1. The molecule has 3 rings (SSSR count). The fourth-order valence-corrected chi connectivity index (χ4v) is 4.13. The van der Waals surface area contributed by atoms with Crippen LogP contribution in [0.1, 0.15) is 64.9 Å². The molecule has 1 heterocycles. The normalized spacial score (nSPS) is 21.3. The van der Waals surface area contributed by atoms with Crippen LogP contribution < -0.4 is 5.32 Å². The fourth-order valence-electron chi connectivity index (χ4n) is 4.13. The van der Waals surface area contributed by atoms with Gasteiger partial charge in [0.2, 0.25) is 0 Å². The van der Waals surface area contributed by atoms with E-state index < -0.39 is 11.9 Å². The predicted molar refractivity (Wildman–Crippen MR) is 108 cm³/mol. The van der Waals surface area contributed by atoms with Crippen molar-refractivity contribution in [3.63, 3.8) is 0 Å². The van der Waals surface area contributed by atoms with Gasteiger partial charge in [0.25, 0.3) is 0 Å². The lowest BCUT2D eigenvalue weighted by Gasteiger charge is -2.39. The quantitative estimate of drug-likeness (QED) is 0.584. The highest BCUT2D eigenvalue weighted by molar-refractivity contribution is 6.04. The number of nitrogens with one attached hydrogen (secondary N) is 1. The molecule has 2 N–H and O–H groups in total. The first kappa shape index (κ1) is 20.2. The van der Waals surface area contributed by atoms with Gasteiger partial charge in [-0.1, -0.05) is 39.3 Å². The standard InChI is InChI=1S/C23H29NO4/c1-5-6-10-28-22(27)19-14(2)24-17-12-23(3,4)13-18(26)21(17)20(19)15-8-7-9-16(25)11-15/h7-9,11,20,24-25H,5-6,10,12-13H2,1-4H3/t20-/m1/s1. The Balaban J connectivity index is 2.09. The zero-order valence-corrected chi connectivity index (χ0v) is 17.1. The van der Waals surface area contributed by atoms with Crippen LogP contribution in [0.15, 0.2) is 46.8 Å². The van der Waals surface area contributed by atoms with Crippen LogP contribution in [0.4, 0.5) is 0 Å². The van der Waals surface area contributed by atoms with Crippen molar-refractivity contribution in [3.05, 3.63) is 52.4 Å². The Labute approximate surface area is 166 Å². The molecular formula is C23H29NO4. The number of carbonyl (C=O) groups is 2. The second-order valence-corrected chi connectivity index (χ2v) is 8.51. The molecule has 28 heavy (non-hydrogen) atoms. The molecule has 0 bridgehead atoms. The fraction of sp³-hybridized carbons (Fsp3) is 0.478. The van der Waals surface area contributed by atoms with Gasteiger partial charge < -0.3 is 15.2 Å².